The zero-order valence-corrected chi connectivity index (χ0v) is 17.6. The van der Waals surface area contributed by atoms with Gasteiger partial charge in [0.25, 0.3) is 5.69 Å². The third-order valence-electron chi connectivity index (χ3n) is 4.53. The normalized spacial score (nSPS) is 11.6. The second-order valence-corrected chi connectivity index (χ2v) is 7.70. The van der Waals surface area contributed by atoms with Crippen LogP contribution < -0.4 is 5.32 Å². The molecule has 1 N–H and O–H groups in total. The molecule has 2 aromatic carbocycles. The fraction of sp³-hybridized carbons (Fsp3) is 0.333. The van der Waals surface area contributed by atoms with Crippen molar-refractivity contribution in [1.29, 1.82) is 0 Å². The van der Waals surface area contributed by atoms with Crippen LogP contribution in [0.4, 0.5) is 5.69 Å². The highest BCUT2D eigenvalue weighted by molar-refractivity contribution is 7.99. The average Bonchev–Trinajstić information content (AvgIpc) is 2.72. The van der Waals surface area contributed by atoms with Crippen molar-refractivity contribution >= 4 is 29.3 Å². The number of thioether (sulfide) groups is 1. The van der Waals surface area contributed by atoms with Crippen LogP contribution in [0.3, 0.4) is 0 Å². The third kappa shape index (κ3) is 6.60. The number of hydrogen-bond acceptors (Lipinski definition) is 5. The summed E-state index contributed by atoms with van der Waals surface area (Å²) in [5, 5.41) is 13.3. The molecule has 7 nitrogen and oxygen atoms in total. The molecule has 0 saturated carbocycles. The first-order valence-corrected chi connectivity index (χ1v) is 10.3. The highest BCUT2D eigenvalue weighted by Gasteiger charge is 2.25. The molecule has 2 rings (SSSR count). The summed E-state index contributed by atoms with van der Waals surface area (Å²) in [6.07, 6.45) is 0. The maximum absolute atomic E-state index is 12.8. The molecule has 1 atom stereocenters. The van der Waals surface area contributed by atoms with Gasteiger partial charge in [-0.2, -0.15) is 0 Å². The Bertz CT molecular complexity index is 853. The van der Waals surface area contributed by atoms with Gasteiger partial charge in [0, 0.05) is 31.5 Å². The Labute approximate surface area is 174 Å². The van der Waals surface area contributed by atoms with Crippen molar-refractivity contribution in [3.63, 3.8) is 0 Å². The van der Waals surface area contributed by atoms with Gasteiger partial charge in [-0.1, -0.05) is 42.0 Å². The lowest BCUT2D eigenvalue weighted by Gasteiger charge is -2.28. The predicted octanol–water partition coefficient (Wildman–Crippen LogP) is 3.30. The number of nitrogens with one attached hydrogen (secondary N) is 1. The summed E-state index contributed by atoms with van der Waals surface area (Å²) in [4.78, 5) is 36.8. The van der Waals surface area contributed by atoms with Crippen molar-refractivity contribution in [3.05, 3.63) is 75.3 Å². The number of nitro groups is 1. The van der Waals surface area contributed by atoms with Gasteiger partial charge in [-0.15, -0.1) is 11.8 Å². The van der Waals surface area contributed by atoms with Crippen molar-refractivity contribution in [2.24, 2.45) is 0 Å². The number of likely N-dealkylation sites (N-methyl/N-ethyl adjacent to an activating group) is 1. The highest BCUT2D eigenvalue weighted by atomic mass is 32.2. The Hall–Kier alpha value is -2.87. The van der Waals surface area contributed by atoms with Gasteiger partial charge in [-0.25, -0.2) is 0 Å². The van der Waals surface area contributed by atoms with Gasteiger partial charge in [-0.3, -0.25) is 19.7 Å². The molecule has 0 aromatic heterocycles. The molecule has 0 bridgehead atoms. The lowest BCUT2D eigenvalue weighted by atomic mass is 10.1. The Morgan fingerprint density at radius 2 is 1.69 bits per heavy atom. The number of nitro benzene ring substituents is 1. The largest absolute Gasteiger partial charge is 0.357 e. The van der Waals surface area contributed by atoms with Crippen LogP contribution in [-0.2, 0) is 21.9 Å². The summed E-state index contributed by atoms with van der Waals surface area (Å²) in [7, 11) is 1.55. The topological polar surface area (TPSA) is 92.6 Å². The summed E-state index contributed by atoms with van der Waals surface area (Å²) < 4.78 is 0. The van der Waals surface area contributed by atoms with Crippen LogP contribution in [0.2, 0.25) is 0 Å². The van der Waals surface area contributed by atoms with E-state index in [0.717, 1.165) is 16.7 Å². The molecule has 1 unspecified atom stereocenters. The Morgan fingerprint density at radius 3 is 2.24 bits per heavy atom. The number of amides is 2. The zero-order chi connectivity index (χ0) is 21.4. The molecule has 2 aromatic rings. The number of carbonyl (C=O) groups excluding carboxylic acids is 2. The lowest BCUT2D eigenvalue weighted by Crippen LogP contribution is -2.47. The summed E-state index contributed by atoms with van der Waals surface area (Å²) in [5.74, 6) is 0.417. The van der Waals surface area contributed by atoms with E-state index in [9.17, 15) is 19.7 Å². The van der Waals surface area contributed by atoms with Gasteiger partial charge in [0.2, 0.25) is 11.8 Å². The van der Waals surface area contributed by atoms with E-state index < -0.39 is 11.0 Å². The number of nitrogens with zero attached hydrogens (tertiary/aromatic N) is 2. The monoisotopic (exact) mass is 415 g/mol. The number of rotatable bonds is 9. The molecule has 0 saturated heterocycles. The second-order valence-electron chi connectivity index (χ2n) is 6.71. The second kappa shape index (κ2) is 10.6. The maximum Gasteiger partial charge on any atom is 0.269 e. The summed E-state index contributed by atoms with van der Waals surface area (Å²) in [6.45, 7) is 4.06. The molecule has 8 heteroatoms. The van der Waals surface area contributed by atoms with E-state index >= 15 is 0 Å². The van der Waals surface area contributed by atoms with Gasteiger partial charge in [0.05, 0.1) is 10.7 Å². The molecule has 0 aliphatic heterocycles. The minimum Gasteiger partial charge on any atom is -0.357 e. The fourth-order valence-corrected chi connectivity index (χ4v) is 3.61. The smallest absolute Gasteiger partial charge is 0.269 e. The van der Waals surface area contributed by atoms with E-state index in [2.05, 4.69) is 5.32 Å². The molecule has 0 radical (unpaired) electrons. The summed E-state index contributed by atoms with van der Waals surface area (Å²) in [5.41, 5.74) is 3.03. The molecule has 0 heterocycles. The standard InChI is InChI=1S/C21H25N3O4S/c1-15-4-6-17(7-5-15)12-23(16(2)21(26)22-3)20(25)14-29-13-18-8-10-19(11-9-18)24(27)28/h4-11,16H,12-14H2,1-3H3,(H,22,26). The van der Waals surface area contributed by atoms with Crippen LogP contribution in [0.5, 0.6) is 0 Å². The molecule has 0 aliphatic rings. The van der Waals surface area contributed by atoms with E-state index in [1.54, 1.807) is 31.0 Å². The molecule has 0 spiro atoms. The van der Waals surface area contributed by atoms with Crippen LogP contribution in [0, 0.1) is 17.0 Å². The first kappa shape index (κ1) is 22.4. The average molecular weight is 416 g/mol. The number of carbonyl (C=O) groups is 2. The molecular weight excluding hydrogens is 390 g/mol. The van der Waals surface area contributed by atoms with Gasteiger partial charge in [-0.05, 0) is 25.0 Å². The van der Waals surface area contributed by atoms with E-state index in [1.165, 1.54) is 23.9 Å². The maximum atomic E-state index is 12.8. The zero-order valence-electron chi connectivity index (χ0n) is 16.8. The molecule has 2 amide bonds. The SMILES string of the molecule is CNC(=O)C(C)N(Cc1ccc(C)cc1)C(=O)CSCc1ccc([N+](=O)[O-])cc1. The Kier molecular flexibility index (Phi) is 8.21. The Morgan fingerprint density at radius 1 is 1.10 bits per heavy atom. The van der Waals surface area contributed by atoms with Crippen molar-refractivity contribution < 1.29 is 14.5 Å². The van der Waals surface area contributed by atoms with Crippen LogP contribution in [-0.4, -0.2) is 40.5 Å². The summed E-state index contributed by atoms with van der Waals surface area (Å²) in [6, 6.07) is 13.6. The predicted molar refractivity (Wildman–Crippen MR) is 115 cm³/mol. The first-order chi connectivity index (χ1) is 13.8. The van der Waals surface area contributed by atoms with E-state index in [1.807, 2.05) is 31.2 Å². The van der Waals surface area contributed by atoms with Crippen LogP contribution >= 0.6 is 11.8 Å². The number of hydrogen-bond donors (Lipinski definition) is 1. The quantitative estimate of drug-likeness (QED) is 0.501. The molecule has 0 aliphatic carbocycles. The molecular formula is C21H25N3O4S. The molecule has 29 heavy (non-hydrogen) atoms. The van der Waals surface area contributed by atoms with Crippen molar-refractivity contribution in [1.82, 2.24) is 10.2 Å². The van der Waals surface area contributed by atoms with Gasteiger partial charge < -0.3 is 10.2 Å². The first-order valence-electron chi connectivity index (χ1n) is 9.19. The van der Waals surface area contributed by atoms with Gasteiger partial charge in [0.15, 0.2) is 0 Å². The van der Waals surface area contributed by atoms with Crippen molar-refractivity contribution in [2.45, 2.75) is 32.2 Å². The lowest BCUT2D eigenvalue weighted by molar-refractivity contribution is -0.384. The summed E-state index contributed by atoms with van der Waals surface area (Å²) >= 11 is 1.41. The minimum atomic E-state index is -0.589. The van der Waals surface area contributed by atoms with E-state index in [-0.39, 0.29) is 23.3 Å². The van der Waals surface area contributed by atoms with Crippen LogP contribution in [0.1, 0.15) is 23.6 Å². The Balaban J connectivity index is 2.01. The van der Waals surface area contributed by atoms with Crippen LogP contribution in [0.15, 0.2) is 48.5 Å². The van der Waals surface area contributed by atoms with Gasteiger partial charge in [0.1, 0.15) is 6.04 Å². The fourth-order valence-electron chi connectivity index (χ4n) is 2.73. The van der Waals surface area contributed by atoms with Crippen LogP contribution in [0.25, 0.3) is 0 Å². The van der Waals surface area contributed by atoms with E-state index in [0.29, 0.717) is 12.3 Å². The number of benzene rings is 2. The van der Waals surface area contributed by atoms with Gasteiger partial charge >= 0.3 is 0 Å². The minimum absolute atomic E-state index is 0.0403. The number of aryl methyl sites for hydroxylation is 1. The van der Waals surface area contributed by atoms with E-state index in [4.69, 9.17) is 0 Å². The molecule has 0 fully saturated rings. The van der Waals surface area contributed by atoms with Crippen molar-refractivity contribution in [2.75, 3.05) is 12.8 Å². The molecule has 154 valence electrons. The van der Waals surface area contributed by atoms with Crippen molar-refractivity contribution in [3.8, 4) is 0 Å². The third-order valence-corrected chi connectivity index (χ3v) is 5.52. The highest BCUT2D eigenvalue weighted by Crippen LogP contribution is 2.18. The number of non-ortho nitro benzene ring substituents is 1.